The van der Waals surface area contributed by atoms with Crippen molar-refractivity contribution < 1.29 is 27.8 Å². The Bertz CT molecular complexity index is 646. The summed E-state index contributed by atoms with van der Waals surface area (Å²) in [6.07, 6.45) is 0. The van der Waals surface area contributed by atoms with Gasteiger partial charge in [0, 0.05) is 5.70 Å². The Morgan fingerprint density at radius 3 is 2.64 bits per heavy atom. The third kappa shape index (κ3) is 4.86. The van der Waals surface area contributed by atoms with Crippen LogP contribution in [0.1, 0.15) is 17.3 Å². The van der Waals surface area contributed by atoms with Gasteiger partial charge in [0.1, 0.15) is 17.4 Å². The summed E-state index contributed by atoms with van der Waals surface area (Å²) in [6.45, 7) is -2.34. The summed E-state index contributed by atoms with van der Waals surface area (Å²) >= 11 is 0. The maximum Gasteiger partial charge on any atom is 0.387 e. The van der Waals surface area contributed by atoms with Crippen LogP contribution in [0.25, 0.3) is 0 Å². The number of alkyl halides is 2. The molecule has 0 aliphatic rings. The van der Waals surface area contributed by atoms with Crippen LogP contribution in [0.3, 0.4) is 0 Å². The highest BCUT2D eigenvalue weighted by atomic mass is 19.3. The second kappa shape index (κ2) is 7.73. The lowest BCUT2D eigenvalue weighted by atomic mass is 10.1. The first kappa shape index (κ1) is 17.1. The number of esters is 1. The topological polar surface area (TPSA) is 102 Å². The van der Waals surface area contributed by atoms with Crippen LogP contribution >= 0.6 is 0 Å². The normalized spacial score (nSPS) is 11.4. The summed E-state index contributed by atoms with van der Waals surface area (Å²) in [7, 11) is 0. The van der Waals surface area contributed by atoms with Gasteiger partial charge >= 0.3 is 12.6 Å². The molecule has 0 saturated carbocycles. The van der Waals surface area contributed by atoms with Crippen molar-refractivity contribution in [1.29, 1.82) is 5.26 Å². The number of hydrogen-bond acceptors (Lipinski definition) is 6. The Kier molecular flexibility index (Phi) is 6.01. The number of hydrogen-bond donors (Lipinski definition) is 1. The van der Waals surface area contributed by atoms with Gasteiger partial charge in [0.25, 0.3) is 0 Å². The number of carbonyl (C=O) groups excluding carboxylic acids is 2. The molecule has 116 valence electrons. The maximum atomic E-state index is 12.1. The summed E-state index contributed by atoms with van der Waals surface area (Å²) in [5.74, 6) is -1.89. The van der Waals surface area contributed by atoms with Gasteiger partial charge in [0.15, 0.2) is 6.61 Å². The molecule has 0 aromatic heterocycles. The van der Waals surface area contributed by atoms with Gasteiger partial charge in [-0.25, -0.2) is 4.79 Å². The number of nitrogens with zero attached hydrogens (tertiary/aromatic N) is 1. The molecule has 2 N–H and O–H groups in total. The molecule has 0 heterocycles. The van der Waals surface area contributed by atoms with E-state index in [0.717, 1.165) is 6.07 Å². The lowest BCUT2D eigenvalue weighted by molar-refractivity contribution is -0.118. The van der Waals surface area contributed by atoms with Gasteiger partial charge in [-0.3, -0.25) is 4.79 Å². The quantitative estimate of drug-likeness (QED) is 0.488. The van der Waals surface area contributed by atoms with Crippen molar-refractivity contribution in [1.82, 2.24) is 0 Å². The summed E-state index contributed by atoms with van der Waals surface area (Å²) in [5, 5.41) is 8.73. The van der Waals surface area contributed by atoms with Crippen LogP contribution in [-0.2, 0) is 9.53 Å². The highest BCUT2D eigenvalue weighted by Crippen LogP contribution is 2.16. The molecule has 0 aliphatic heterocycles. The lowest BCUT2D eigenvalue weighted by Crippen LogP contribution is -2.17. The van der Waals surface area contributed by atoms with Crippen molar-refractivity contribution in [3.05, 3.63) is 41.1 Å². The predicted octanol–water partition coefficient (Wildman–Crippen LogP) is 1.77. The van der Waals surface area contributed by atoms with E-state index in [1.54, 1.807) is 6.07 Å². The van der Waals surface area contributed by atoms with E-state index >= 15 is 0 Å². The van der Waals surface area contributed by atoms with Gasteiger partial charge < -0.3 is 15.2 Å². The zero-order valence-electron chi connectivity index (χ0n) is 11.5. The summed E-state index contributed by atoms with van der Waals surface area (Å²) < 4.78 is 33.0. The molecule has 8 heteroatoms. The Labute approximate surface area is 124 Å². The van der Waals surface area contributed by atoms with Crippen molar-refractivity contribution in [2.24, 2.45) is 5.73 Å². The van der Waals surface area contributed by atoms with Gasteiger partial charge in [-0.1, -0.05) is 6.07 Å². The number of benzene rings is 1. The fraction of sp³-hybridized carbons (Fsp3) is 0.214. The molecule has 6 nitrogen and oxygen atoms in total. The van der Waals surface area contributed by atoms with Crippen molar-refractivity contribution >= 4 is 11.8 Å². The molecule has 0 aliphatic carbocycles. The minimum absolute atomic E-state index is 0.0101. The summed E-state index contributed by atoms with van der Waals surface area (Å²) in [6, 6.07) is 6.52. The van der Waals surface area contributed by atoms with Gasteiger partial charge in [0.05, 0.1) is 5.56 Å². The number of carbonyl (C=O) groups is 2. The Morgan fingerprint density at radius 1 is 1.41 bits per heavy atom. The SMILES string of the molecule is C/C(N)=C(/C#N)C(=O)COC(=O)c1cccc(OC(F)F)c1. The van der Waals surface area contributed by atoms with Crippen molar-refractivity contribution in [3.63, 3.8) is 0 Å². The van der Waals surface area contributed by atoms with Crippen LogP contribution in [0.2, 0.25) is 0 Å². The first-order valence-electron chi connectivity index (χ1n) is 5.96. The number of halogens is 2. The Hall–Kier alpha value is -2.95. The molecule has 1 aromatic carbocycles. The molecule has 0 radical (unpaired) electrons. The molecule has 0 saturated heterocycles. The van der Waals surface area contributed by atoms with Crippen LogP contribution in [0.4, 0.5) is 8.78 Å². The van der Waals surface area contributed by atoms with Crippen LogP contribution in [-0.4, -0.2) is 25.0 Å². The van der Waals surface area contributed by atoms with E-state index in [9.17, 15) is 18.4 Å². The van der Waals surface area contributed by atoms with E-state index in [1.807, 2.05) is 0 Å². The first-order chi connectivity index (χ1) is 10.3. The largest absolute Gasteiger partial charge is 0.454 e. The molecule has 0 atom stereocenters. The predicted molar refractivity (Wildman–Crippen MR) is 70.9 cm³/mol. The standard InChI is InChI=1S/C14H12F2N2O4/c1-8(18)11(6-17)12(19)7-21-13(20)9-3-2-4-10(5-9)22-14(15)16/h2-5,14H,7,18H2,1H3/b11-8+. The number of rotatable bonds is 6. The number of Topliss-reactive ketones (excluding diaryl/α,β-unsaturated/α-hetero) is 1. The fourth-order valence-electron chi connectivity index (χ4n) is 1.46. The number of allylic oxidation sites excluding steroid dienone is 1. The molecule has 0 bridgehead atoms. The second-order valence-electron chi connectivity index (χ2n) is 4.08. The highest BCUT2D eigenvalue weighted by Gasteiger charge is 2.16. The Morgan fingerprint density at radius 2 is 2.09 bits per heavy atom. The van der Waals surface area contributed by atoms with Gasteiger partial charge in [0.2, 0.25) is 5.78 Å². The number of nitrogens with two attached hydrogens (primary N) is 1. The summed E-state index contributed by atoms with van der Waals surface area (Å²) in [5.41, 5.74) is 4.98. The molecule has 0 unspecified atom stereocenters. The smallest absolute Gasteiger partial charge is 0.387 e. The number of nitriles is 1. The van der Waals surface area contributed by atoms with Crippen LogP contribution in [0.5, 0.6) is 5.75 Å². The average molecular weight is 310 g/mol. The second-order valence-corrected chi connectivity index (χ2v) is 4.08. The van der Waals surface area contributed by atoms with Crippen LogP contribution < -0.4 is 10.5 Å². The molecule has 22 heavy (non-hydrogen) atoms. The van der Waals surface area contributed by atoms with Gasteiger partial charge in [-0.2, -0.15) is 14.0 Å². The van der Waals surface area contributed by atoms with E-state index in [-0.39, 0.29) is 22.6 Å². The fourth-order valence-corrected chi connectivity index (χ4v) is 1.46. The minimum atomic E-state index is -3.02. The molecule has 1 rings (SSSR count). The summed E-state index contributed by atoms with van der Waals surface area (Å²) in [4.78, 5) is 23.3. The Balaban J connectivity index is 2.73. The molecule has 0 amide bonds. The van der Waals surface area contributed by atoms with E-state index in [2.05, 4.69) is 4.74 Å². The average Bonchev–Trinajstić information content (AvgIpc) is 2.44. The number of ketones is 1. The van der Waals surface area contributed by atoms with Crippen molar-refractivity contribution in [2.45, 2.75) is 13.5 Å². The third-order valence-corrected chi connectivity index (χ3v) is 2.41. The van der Waals surface area contributed by atoms with E-state index in [4.69, 9.17) is 15.7 Å². The third-order valence-electron chi connectivity index (χ3n) is 2.41. The minimum Gasteiger partial charge on any atom is -0.454 e. The van der Waals surface area contributed by atoms with E-state index < -0.39 is 25.0 Å². The zero-order chi connectivity index (χ0) is 16.7. The molecule has 1 aromatic rings. The number of ether oxygens (including phenoxy) is 2. The maximum absolute atomic E-state index is 12.1. The zero-order valence-corrected chi connectivity index (χ0v) is 11.5. The van der Waals surface area contributed by atoms with Crippen molar-refractivity contribution in [3.8, 4) is 11.8 Å². The van der Waals surface area contributed by atoms with E-state index in [0.29, 0.717) is 0 Å². The first-order valence-corrected chi connectivity index (χ1v) is 5.96. The molecule has 0 spiro atoms. The van der Waals surface area contributed by atoms with E-state index in [1.165, 1.54) is 25.1 Å². The van der Waals surface area contributed by atoms with Crippen molar-refractivity contribution in [2.75, 3.05) is 6.61 Å². The monoisotopic (exact) mass is 310 g/mol. The molecular formula is C14H12F2N2O4. The van der Waals surface area contributed by atoms with Crippen LogP contribution in [0.15, 0.2) is 35.5 Å². The lowest BCUT2D eigenvalue weighted by Gasteiger charge is -2.07. The van der Waals surface area contributed by atoms with Gasteiger partial charge in [-0.05, 0) is 25.1 Å². The molecule has 0 fully saturated rings. The molecular weight excluding hydrogens is 298 g/mol. The van der Waals surface area contributed by atoms with Gasteiger partial charge in [-0.15, -0.1) is 0 Å². The van der Waals surface area contributed by atoms with Crippen LogP contribution in [0, 0.1) is 11.3 Å². The highest BCUT2D eigenvalue weighted by molar-refractivity contribution is 6.02.